The predicted molar refractivity (Wildman–Crippen MR) is 134 cm³/mol. The van der Waals surface area contributed by atoms with Gasteiger partial charge in [-0.1, -0.05) is 24.3 Å². The van der Waals surface area contributed by atoms with Crippen LogP contribution >= 0.6 is 0 Å². The third kappa shape index (κ3) is 5.04. The summed E-state index contributed by atoms with van der Waals surface area (Å²) in [5, 5.41) is 0.941. The molecule has 5 rings (SSSR count). The van der Waals surface area contributed by atoms with Crippen LogP contribution in [0.3, 0.4) is 0 Å². The van der Waals surface area contributed by atoms with Crippen LogP contribution < -0.4 is 4.72 Å². The second-order valence-electron chi connectivity index (χ2n) is 8.17. The highest BCUT2D eigenvalue weighted by Crippen LogP contribution is 2.23. The van der Waals surface area contributed by atoms with Crippen molar-refractivity contribution in [1.82, 2.24) is 19.8 Å². The van der Waals surface area contributed by atoms with Crippen LogP contribution in [-0.2, 0) is 17.9 Å². The monoisotopic (exact) mass is 471 g/mol. The van der Waals surface area contributed by atoms with E-state index >= 15 is 0 Å². The van der Waals surface area contributed by atoms with Gasteiger partial charge >= 0.3 is 0 Å². The number of carbonyl (C=O) groups is 1. The molecule has 1 aliphatic rings. The van der Waals surface area contributed by atoms with Crippen molar-refractivity contribution in [2.75, 3.05) is 30.9 Å². The van der Waals surface area contributed by atoms with E-state index in [1.807, 2.05) is 59.6 Å². The summed E-state index contributed by atoms with van der Waals surface area (Å²) in [7, 11) is 0. The SMILES string of the molecule is O=C(c1ccc(N[S+]([O-])c2cccc3cccnc23)cc1)N1CCN(Cc2ccccn2)CC1. The number of aromatic nitrogens is 2. The lowest BCUT2D eigenvalue weighted by Crippen LogP contribution is -2.48. The Labute approximate surface area is 201 Å². The molecule has 8 heteroatoms. The third-order valence-corrected chi connectivity index (χ3v) is 7.06. The van der Waals surface area contributed by atoms with E-state index in [4.69, 9.17) is 0 Å². The summed E-state index contributed by atoms with van der Waals surface area (Å²) in [5.41, 5.74) is 3.07. The van der Waals surface area contributed by atoms with E-state index in [-0.39, 0.29) is 5.91 Å². The molecule has 0 radical (unpaired) electrons. The van der Waals surface area contributed by atoms with E-state index in [1.165, 1.54) is 0 Å². The maximum atomic E-state index is 13.0. The Morgan fingerprint density at radius 2 is 1.65 bits per heavy atom. The second kappa shape index (κ2) is 10.2. The lowest BCUT2D eigenvalue weighted by molar-refractivity contribution is 0.0627. The van der Waals surface area contributed by atoms with Gasteiger partial charge in [-0.3, -0.25) is 19.7 Å². The lowest BCUT2D eigenvalue weighted by Gasteiger charge is -2.34. The van der Waals surface area contributed by atoms with Crippen LogP contribution in [-0.4, -0.2) is 56.4 Å². The first-order valence-corrected chi connectivity index (χ1v) is 12.4. The molecule has 7 nitrogen and oxygen atoms in total. The molecule has 34 heavy (non-hydrogen) atoms. The molecule has 172 valence electrons. The van der Waals surface area contributed by atoms with Crippen LogP contribution in [0.15, 0.2) is 90.1 Å². The van der Waals surface area contributed by atoms with E-state index in [1.54, 1.807) is 30.5 Å². The minimum atomic E-state index is -1.47. The van der Waals surface area contributed by atoms with E-state index in [0.717, 1.165) is 30.7 Å². The first-order chi connectivity index (χ1) is 16.7. The third-order valence-electron chi connectivity index (χ3n) is 5.91. The van der Waals surface area contributed by atoms with Gasteiger partial charge in [0, 0.05) is 56.1 Å². The standard InChI is InChI=1S/C26H25N5O2S/c32-26(31-17-15-30(16-18-31)19-23-7-1-2-13-27-23)21-9-11-22(12-10-21)29-34(33)24-8-3-5-20-6-4-14-28-25(20)24/h1-14,29H,15-19H2. The molecule has 1 atom stereocenters. The number of benzene rings is 2. The number of fused-ring (bicyclic) bond motifs is 1. The first-order valence-electron chi connectivity index (χ1n) is 11.2. The number of nitrogens with one attached hydrogen (secondary N) is 1. The Morgan fingerprint density at radius 3 is 2.41 bits per heavy atom. The number of nitrogens with zero attached hydrogens (tertiary/aromatic N) is 4. The molecule has 3 heterocycles. The fourth-order valence-electron chi connectivity index (χ4n) is 4.08. The summed E-state index contributed by atoms with van der Waals surface area (Å²) < 4.78 is 16.0. The van der Waals surface area contributed by atoms with Gasteiger partial charge in [-0.25, -0.2) is 4.72 Å². The molecule has 0 bridgehead atoms. The number of piperazine rings is 1. The van der Waals surface area contributed by atoms with Crippen molar-refractivity contribution in [3.8, 4) is 0 Å². The molecule has 1 N–H and O–H groups in total. The normalized spacial score (nSPS) is 15.3. The summed E-state index contributed by atoms with van der Waals surface area (Å²) in [6.45, 7) is 3.81. The Balaban J connectivity index is 1.18. The maximum Gasteiger partial charge on any atom is 0.253 e. The summed E-state index contributed by atoms with van der Waals surface area (Å²) in [6.07, 6.45) is 3.50. The fourth-order valence-corrected chi connectivity index (χ4v) is 5.09. The van der Waals surface area contributed by atoms with Crippen LogP contribution in [0.2, 0.25) is 0 Å². The van der Waals surface area contributed by atoms with Crippen molar-refractivity contribution >= 4 is 33.9 Å². The molecule has 2 aromatic heterocycles. The summed E-state index contributed by atoms with van der Waals surface area (Å²) >= 11 is -1.47. The molecule has 0 saturated carbocycles. The Morgan fingerprint density at radius 1 is 0.882 bits per heavy atom. The first kappa shape index (κ1) is 22.3. The van der Waals surface area contributed by atoms with Gasteiger partial charge in [0.1, 0.15) is 16.9 Å². The number of hydrogen-bond donors (Lipinski definition) is 1. The number of rotatable bonds is 6. The molecule has 1 amide bonds. The van der Waals surface area contributed by atoms with E-state index < -0.39 is 11.4 Å². The van der Waals surface area contributed by atoms with Crippen LogP contribution in [0.5, 0.6) is 0 Å². The quantitative estimate of drug-likeness (QED) is 0.432. The van der Waals surface area contributed by atoms with Crippen molar-refractivity contribution in [1.29, 1.82) is 0 Å². The smallest absolute Gasteiger partial charge is 0.253 e. The molecule has 1 fully saturated rings. The molecule has 0 spiro atoms. The van der Waals surface area contributed by atoms with Crippen LogP contribution in [0.4, 0.5) is 5.69 Å². The van der Waals surface area contributed by atoms with Gasteiger partial charge in [-0.05, 0) is 48.5 Å². The Kier molecular flexibility index (Phi) is 6.71. The Bertz CT molecular complexity index is 1260. The van der Waals surface area contributed by atoms with Gasteiger partial charge in [-0.2, -0.15) is 0 Å². The van der Waals surface area contributed by atoms with Crippen LogP contribution in [0.25, 0.3) is 10.9 Å². The summed E-state index contributed by atoms with van der Waals surface area (Å²) in [4.78, 5) is 26.6. The molecule has 2 aromatic carbocycles. The molecule has 1 unspecified atom stereocenters. The number of pyridine rings is 2. The van der Waals surface area contributed by atoms with Gasteiger partial charge < -0.3 is 9.45 Å². The van der Waals surface area contributed by atoms with Gasteiger partial charge in [0.2, 0.25) is 4.90 Å². The summed E-state index contributed by atoms with van der Waals surface area (Å²) in [5.74, 6) is 0.0170. The molecule has 1 aliphatic heterocycles. The van der Waals surface area contributed by atoms with Gasteiger partial charge in [0.15, 0.2) is 0 Å². The fraction of sp³-hybridized carbons (Fsp3) is 0.192. The predicted octanol–water partition coefficient (Wildman–Crippen LogP) is 3.72. The van der Waals surface area contributed by atoms with Crippen LogP contribution in [0.1, 0.15) is 16.1 Å². The zero-order valence-electron chi connectivity index (χ0n) is 18.6. The molecule has 0 aliphatic carbocycles. The van der Waals surface area contributed by atoms with Crippen molar-refractivity contribution < 1.29 is 9.35 Å². The number of hydrogen-bond acceptors (Lipinski definition) is 6. The molecular weight excluding hydrogens is 446 g/mol. The number of amides is 1. The molecular formula is C26H25N5O2S. The van der Waals surface area contributed by atoms with Crippen molar-refractivity contribution in [2.24, 2.45) is 0 Å². The van der Waals surface area contributed by atoms with E-state index in [0.29, 0.717) is 34.8 Å². The van der Waals surface area contributed by atoms with Gasteiger partial charge in [-0.15, -0.1) is 0 Å². The number of para-hydroxylation sites is 1. The minimum absolute atomic E-state index is 0.0170. The maximum absolute atomic E-state index is 13.0. The molecule has 1 saturated heterocycles. The van der Waals surface area contributed by atoms with Crippen LogP contribution in [0, 0.1) is 0 Å². The summed E-state index contributed by atoms with van der Waals surface area (Å²) in [6, 6.07) is 22.5. The highest BCUT2D eigenvalue weighted by molar-refractivity contribution is 7.93. The lowest BCUT2D eigenvalue weighted by atomic mass is 10.1. The highest BCUT2D eigenvalue weighted by atomic mass is 32.2. The zero-order chi connectivity index (χ0) is 23.3. The molecule has 4 aromatic rings. The zero-order valence-corrected chi connectivity index (χ0v) is 19.4. The van der Waals surface area contributed by atoms with Gasteiger partial charge in [0.25, 0.3) is 5.91 Å². The average Bonchev–Trinajstić information content (AvgIpc) is 2.89. The number of anilines is 1. The second-order valence-corrected chi connectivity index (χ2v) is 9.35. The van der Waals surface area contributed by atoms with E-state index in [2.05, 4.69) is 19.6 Å². The minimum Gasteiger partial charge on any atom is -0.588 e. The van der Waals surface area contributed by atoms with Crippen molar-refractivity contribution in [2.45, 2.75) is 11.4 Å². The highest BCUT2D eigenvalue weighted by Gasteiger charge is 2.23. The van der Waals surface area contributed by atoms with Gasteiger partial charge in [0.05, 0.1) is 11.4 Å². The topological polar surface area (TPSA) is 84.4 Å². The Hall–Kier alpha value is -3.46. The van der Waals surface area contributed by atoms with Crippen molar-refractivity contribution in [3.63, 3.8) is 0 Å². The number of carbonyl (C=O) groups excluding carboxylic acids is 1. The largest absolute Gasteiger partial charge is 0.588 e. The van der Waals surface area contributed by atoms with E-state index in [9.17, 15) is 9.35 Å². The van der Waals surface area contributed by atoms with Crippen molar-refractivity contribution in [3.05, 3.63) is 96.4 Å². The average molecular weight is 472 g/mol.